The molecule has 0 unspecified atom stereocenters. The summed E-state index contributed by atoms with van der Waals surface area (Å²) in [5.74, 6) is -0.887. The fraction of sp³-hybridized carbons (Fsp3) is 0.400. The molecule has 2 heterocycles. The molecule has 7 nitrogen and oxygen atoms in total. The molecule has 2 aromatic rings. The van der Waals surface area contributed by atoms with Gasteiger partial charge >= 0.3 is 11.9 Å². The lowest BCUT2D eigenvalue weighted by molar-refractivity contribution is -0.147. The number of aliphatic hydroxyl groups is 1. The molecule has 1 atom stereocenters. The lowest BCUT2D eigenvalue weighted by atomic mass is 10.0. The molecule has 0 fully saturated rings. The fourth-order valence-corrected chi connectivity index (χ4v) is 4.51. The van der Waals surface area contributed by atoms with Gasteiger partial charge in [-0.3, -0.25) is 4.90 Å². The molecular formula is C20H22ClNO6S. The van der Waals surface area contributed by atoms with E-state index in [1.807, 2.05) is 29.2 Å². The molecule has 0 radical (unpaired) electrons. The van der Waals surface area contributed by atoms with E-state index >= 15 is 0 Å². The number of carbonyl (C=O) groups excluding carboxylic acids is 2. The van der Waals surface area contributed by atoms with Gasteiger partial charge in [0.05, 0.1) is 20.3 Å². The van der Waals surface area contributed by atoms with Crippen LogP contribution >= 0.6 is 22.9 Å². The van der Waals surface area contributed by atoms with Crippen molar-refractivity contribution in [2.24, 2.45) is 0 Å². The highest BCUT2D eigenvalue weighted by Gasteiger charge is 2.33. The molecule has 9 heteroatoms. The predicted octanol–water partition coefficient (Wildman–Crippen LogP) is 2.59. The molecule has 1 N–H and O–H groups in total. The van der Waals surface area contributed by atoms with Crippen molar-refractivity contribution in [3.8, 4) is 5.06 Å². The molecule has 1 aliphatic heterocycles. The summed E-state index contributed by atoms with van der Waals surface area (Å²) in [6, 6.07) is 8.44. The summed E-state index contributed by atoms with van der Waals surface area (Å²) in [6.07, 6.45) is 0.719. The van der Waals surface area contributed by atoms with Gasteiger partial charge in [0.1, 0.15) is 12.6 Å². The Balaban J connectivity index is 1.74. The first-order chi connectivity index (χ1) is 14.0. The second kappa shape index (κ2) is 10.2. The first-order valence-corrected chi connectivity index (χ1v) is 10.3. The largest absolute Gasteiger partial charge is 0.468 e. The molecule has 1 aromatic carbocycles. The number of methoxy groups -OCH3 is 1. The smallest absolute Gasteiger partial charge is 0.338 e. The highest BCUT2D eigenvalue weighted by atomic mass is 35.5. The fourth-order valence-electron chi connectivity index (χ4n) is 3.24. The summed E-state index contributed by atoms with van der Waals surface area (Å²) in [5.41, 5.74) is 1.70. The van der Waals surface area contributed by atoms with Crippen molar-refractivity contribution in [1.29, 1.82) is 0 Å². The molecule has 0 spiro atoms. The standard InChI is InChI=1S/C20H22ClNO6S/c1-26-20(25)19(14-4-2-3-5-15(14)21)22-7-6-16-13(11-22)10-18(29-16)28-17(24)12-27-9-8-23/h2-5,10,19,23H,6-9,11-12H2,1H3/t19-/m0/s1. The van der Waals surface area contributed by atoms with Crippen LogP contribution < -0.4 is 4.74 Å². The van der Waals surface area contributed by atoms with Crippen molar-refractivity contribution >= 4 is 34.9 Å². The molecule has 1 aliphatic rings. The summed E-state index contributed by atoms with van der Waals surface area (Å²) in [4.78, 5) is 27.5. The first-order valence-electron chi connectivity index (χ1n) is 9.10. The number of nitrogens with zero attached hydrogens (tertiary/aromatic N) is 1. The van der Waals surface area contributed by atoms with Crippen LogP contribution in [0.1, 0.15) is 22.0 Å². The maximum atomic E-state index is 12.5. The normalized spacial score (nSPS) is 14.9. The number of aliphatic hydroxyl groups excluding tert-OH is 1. The van der Waals surface area contributed by atoms with Crippen LogP contribution in [0.2, 0.25) is 5.02 Å². The summed E-state index contributed by atoms with van der Waals surface area (Å²) in [6.45, 7) is 0.873. The Labute approximate surface area is 177 Å². The predicted molar refractivity (Wildman–Crippen MR) is 108 cm³/mol. The maximum Gasteiger partial charge on any atom is 0.338 e. The van der Waals surface area contributed by atoms with E-state index in [0.29, 0.717) is 28.7 Å². The first kappa shape index (κ1) is 21.7. The third-order valence-corrected chi connectivity index (χ3v) is 5.99. The number of fused-ring (bicyclic) bond motifs is 1. The van der Waals surface area contributed by atoms with Gasteiger partial charge in [-0.2, -0.15) is 0 Å². The molecule has 29 heavy (non-hydrogen) atoms. The van der Waals surface area contributed by atoms with E-state index in [4.69, 9.17) is 30.9 Å². The maximum absolute atomic E-state index is 12.5. The zero-order chi connectivity index (χ0) is 20.8. The summed E-state index contributed by atoms with van der Waals surface area (Å²) in [5, 5.41) is 9.68. The highest BCUT2D eigenvalue weighted by Crippen LogP contribution is 2.37. The van der Waals surface area contributed by atoms with E-state index in [-0.39, 0.29) is 25.8 Å². The molecule has 0 aliphatic carbocycles. The Bertz CT molecular complexity index is 870. The molecule has 0 amide bonds. The van der Waals surface area contributed by atoms with Gasteiger partial charge < -0.3 is 19.3 Å². The minimum Gasteiger partial charge on any atom is -0.468 e. The molecule has 0 saturated heterocycles. The zero-order valence-corrected chi connectivity index (χ0v) is 17.5. The average molecular weight is 440 g/mol. The number of hydrogen-bond acceptors (Lipinski definition) is 8. The van der Waals surface area contributed by atoms with E-state index in [1.165, 1.54) is 18.4 Å². The lowest BCUT2D eigenvalue weighted by Crippen LogP contribution is -2.38. The van der Waals surface area contributed by atoms with Crippen LogP contribution in [-0.4, -0.2) is 55.4 Å². The summed E-state index contributed by atoms with van der Waals surface area (Å²) >= 11 is 7.75. The van der Waals surface area contributed by atoms with E-state index in [2.05, 4.69) is 0 Å². The van der Waals surface area contributed by atoms with E-state index < -0.39 is 12.0 Å². The minimum atomic E-state index is -0.611. The van der Waals surface area contributed by atoms with Crippen LogP contribution in [0.4, 0.5) is 0 Å². The van der Waals surface area contributed by atoms with Crippen LogP contribution in [0.15, 0.2) is 30.3 Å². The molecule has 3 rings (SSSR count). The van der Waals surface area contributed by atoms with Crippen molar-refractivity contribution in [3.05, 3.63) is 51.4 Å². The van der Waals surface area contributed by atoms with E-state index in [9.17, 15) is 9.59 Å². The van der Waals surface area contributed by atoms with Crippen LogP contribution in [-0.2, 0) is 32.0 Å². The molecular weight excluding hydrogens is 418 g/mol. The number of ether oxygens (including phenoxy) is 3. The number of halogens is 1. The summed E-state index contributed by atoms with van der Waals surface area (Å²) in [7, 11) is 1.36. The van der Waals surface area contributed by atoms with Crippen LogP contribution in [0, 0.1) is 0 Å². The monoisotopic (exact) mass is 439 g/mol. The van der Waals surface area contributed by atoms with Gasteiger partial charge in [0.2, 0.25) is 0 Å². The Hall–Kier alpha value is -1.97. The SMILES string of the molecule is COC(=O)[C@H](c1ccccc1Cl)N1CCc2sc(OC(=O)COCCO)cc2C1. The van der Waals surface area contributed by atoms with Gasteiger partial charge in [-0.25, -0.2) is 9.59 Å². The average Bonchev–Trinajstić information content (AvgIpc) is 3.11. The number of thiophene rings is 1. The topological polar surface area (TPSA) is 85.3 Å². The van der Waals surface area contributed by atoms with Crippen molar-refractivity contribution in [3.63, 3.8) is 0 Å². The van der Waals surface area contributed by atoms with Crippen LogP contribution in [0.3, 0.4) is 0 Å². The van der Waals surface area contributed by atoms with Crippen molar-refractivity contribution < 1.29 is 28.9 Å². The zero-order valence-electron chi connectivity index (χ0n) is 15.9. The van der Waals surface area contributed by atoms with Crippen molar-refractivity contribution in [2.45, 2.75) is 19.0 Å². The Morgan fingerprint density at radius 1 is 1.34 bits per heavy atom. The van der Waals surface area contributed by atoms with Crippen LogP contribution in [0.25, 0.3) is 0 Å². The Kier molecular flexibility index (Phi) is 7.63. The Morgan fingerprint density at radius 2 is 2.14 bits per heavy atom. The van der Waals surface area contributed by atoms with Gasteiger partial charge in [0, 0.05) is 23.0 Å². The summed E-state index contributed by atoms with van der Waals surface area (Å²) < 4.78 is 15.3. The quantitative estimate of drug-likeness (QED) is 0.499. The molecule has 0 saturated carbocycles. The highest BCUT2D eigenvalue weighted by molar-refractivity contribution is 7.14. The lowest BCUT2D eigenvalue weighted by Gasteiger charge is -2.33. The van der Waals surface area contributed by atoms with Gasteiger partial charge in [0.15, 0.2) is 5.06 Å². The van der Waals surface area contributed by atoms with Gasteiger partial charge in [-0.1, -0.05) is 29.8 Å². The van der Waals surface area contributed by atoms with Gasteiger partial charge in [-0.15, -0.1) is 11.3 Å². The Morgan fingerprint density at radius 3 is 2.86 bits per heavy atom. The number of hydrogen-bond donors (Lipinski definition) is 1. The van der Waals surface area contributed by atoms with Gasteiger partial charge in [-0.05, 0) is 29.7 Å². The molecule has 156 valence electrons. The molecule has 1 aromatic heterocycles. The van der Waals surface area contributed by atoms with Crippen molar-refractivity contribution in [2.75, 3.05) is 33.5 Å². The van der Waals surface area contributed by atoms with Crippen molar-refractivity contribution in [1.82, 2.24) is 4.90 Å². The number of benzene rings is 1. The number of rotatable bonds is 8. The third kappa shape index (κ3) is 5.34. The minimum absolute atomic E-state index is 0.0853. The van der Waals surface area contributed by atoms with E-state index in [1.54, 1.807) is 6.07 Å². The number of carbonyl (C=O) groups is 2. The molecule has 0 bridgehead atoms. The van der Waals surface area contributed by atoms with Gasteiger partial charge in [0.25, 0.3) is 0 Å². The third-order valence-electron chi connectivity index (χ3n) is 4.53. The van der Waals surface area contributed by atoms with E-state index in [0.717, 1.165) is 16.9 Å². The second-order valence-electron chi connectivity index (χ2n) is 6.43. The van der Waals surface area contributed by atoms with Crippen LogP contribution in [0.5, 0.6) is 5.06 Å². The second-order valence-corrected chi connectivity index (χ2v) is 7.94. The number of esters is 2.